The smallest absolute Gasteiger partial charge is 0.335 e. The molecule has 1 aliphatic heterocycles. The normalized spacial score (nSPS) is 15.2. The third kappa shape index (κ3) is 4.13. The minimum absolute atomic E-state index is 0.0315. The lowest BCUT2D eigenvalue weighted by Gasteiger charge is -2.26. The van der Waals surface area contributed by atoms with Crippen LogP contribution >= 0.6 is 11.6 Å². The number of imide groups is 2. The minimum atomic E-state index is -0.892. The highest BCUT2D eigenvalue weighted by Crippen LogP contribution is 2.37. The summed E-state index contributed by atoms with van der Waals surface area (Å²) >= 11 is 6.26. The minimum Gasteiger partial charge on any atom is -0.508 e. The molecule has 30 heavy (non-hydrogen) atoms. The molecule has 0 aliphatic carbocycles. The fourth-order valence-electron chi connectivity index (χ4n) is 2.77. The van der Waals surface area contributed by atoms with Crippen molar-refractivity contribution >= 4 is 41.2 Å². The van der Waals surface area contributed by atoms with Crippen molar-refractivity contribution in [2.45, 2.75) is 0 Å². The first-order valence-electron chi connectivity index (χ1n) is 8.67. The van der Waals surface area contributed by atoms with Crippen LogP contribution in [0.4, 0.5) is 10.5 Å². The van der Waals surface area contributed by atoms with Gasteiger partial charge in [-0.25, -0.2) is 9.69 Å². The highest BCUT2D eigenvalue weighted by molar-refractivity contribution is 6.39. The zero-order valence-corrected chi connectivity index (χ0v) is 16.6. The van der Waals surface area contributed by atoms with E-state index in [1.54, 1.807) is 12.1 Å². The summed E-state index contributed by atoms with van der Waals surface area (Å²) in [4.78, 5) is 38.2. The predicted octanol–water partition coefficient (Wildman–Crippen LogP) is 3.29. The van der Waals surface area contributed by atoms with E-state index in [0.717, 1.165) is 4.90 Å². The van der Waals surface area contributed by atoms with Gasteiger partial charge in [-0.15, -0.1) is 0 Å². The molecule has 1 aliphatic rings. The van der Waals surface area contributed by atoms with Gasteiger partial charge >= 0.3 is 6.03 Å². The molecule has 1 saturated heterocycles. The molecule has 1 fully saturated rings. The zero-order valence-electron chi connectivity index (χ0n) is 15.8. The Bertz CT molecular complexity index is 1060. The third-order valence-corrected chi connectivity index (χ3v) is 4.40. The Kier molecular flexibility index (Phi) is 6.08. The second kappa shape index (κ2) is 8.71. The van der Waals surface area contributed by atoms with Crippen molar-refractivity contribution < 1.29 is 29.0 Å². The third-order valence-electron chi connectivity index (χ3n) is 4.12. The summed E-state index contributed by atoms with van der Waals surface area (Å²) in [6, 6.07) is 7.55. The quantitative estimate of drug-likeness (QED) is 0.415. The van der Waals surface area contributed by atoms with E-state index in [9.17, 15) is 19.5 Å². The number of ether oxygens (including phenoxy) is 2. The number of carbonyl (C=O) groups excluding carboxylic acids is 3. The second-order valence-electron chi connectivity index (χ2n) is 6.11. The van der Waals surface area contributed by atoms with Crippen molar-refractivity contribution in [1.29, 1.82) is 0 Å². The highest BCUT2D eigenvalue weighted by atomic mass is 35.5. The number of phenolic OH excluding ortho intramolecular Hbond substituents is 1. The molecule has 0 atom stereocenters. The van der Waals surface area contributed by atoms with Crippen LogP contribution in [0.1, 0.15) is 5.56 Å². The van der Waals surface area contributed by atoms with Gasteiger partial charge in [0.25, 0.3) is 11.8 Å². The molecule has 9 heteroatoms. The van der Waals surface area contributed by atoms with Gasteiger partial charge in [0.15, 0.2) is 11.5 Å². The van der Waals surface area contributed by atoms with Gasteiger partial charge in [0.2, 0.25) is 0 Å². The molecule has 2 N–H and O–H groups in total. The van der Waals surface area contributed by atoms with Gasteiger partial charge in [0.05, 0.1) is 17.8 Å². The lowest BCUT2D eigenvalue weighted by atomic mass is 10.1. The van der Waals surface area contributed by atoms with E-state index in [0.29, 0.717) is 17.1 Å². The fraction of sp³-hybridized carbons (Fsp3) is 0.0952. The van der Waals surface area contributed by atoms with Crippen molar-refractivity contribution in [2.24, 2.45) is 0 Å². The van der Waals surface area contributed by atoms with E-state index in [4.69, 9.17) is 21.1 Å². The van der Waals surface area contributed by atoms with Crippen molar-refractivity contribution in [2.75, 3.05) is 18.6 Å². The monoisotopic (exact) mass is 428 g/mol. The Labute approximate surface area is 177 Å². The Morgan fingerprint density at radius 1 is 1.20 bits per heavy atom. The highest BCUT2D eigenvalue weighted by Gasteiger charge is 2.36. The van der Waals surface area contributed by atoms with Crippen LogP contribution in [0.5, 0.6) is 17.2 Å². The van der Waals surface area contributed by atoms with Gasteiger partial charge in [-0.05, 0) is 48.0 Å². The number of rotatable bonds is 6. The van der Waals surface area contributed by atoms with Gasteiger partial charge in [0, 0.05) is 0 Å². The SMILES string of the molecule is C=CCOc1c(Cl)cc(/C=C2/C(=O)NC(=O)N(c3ccc(O)cc3)C2=O)cc1OC. The number of phenols is 1. The molecule has 0 aromatic heterocycles. The van der Waals surface area contributed by atoms with Crippen LogP contribution in [-0.4, -0.2) is 36.7 Å². The summed E-state index contributed by atoms with van der Waals surface area (Å²) in [5, 5.41) is 11.7. The van der Waals surface area contributed by atoms with E-state index in [2.05, 4.69) is 11.9 Å². The molecule has 4 amide bonds. The summed E-state index contributed by atoms with van der Waals surface area (Å²) in [6.07, 6.45) is 2.84. The van der Waals surface area contributed by atoms with E-state index in [1.807, 2.05) is 0 Å². The van der Waals surface area contributed by atoms with Gasteiger partial charge in [-0.1, -0.05) is 24.3 Å². The summed E-state index contributed by atoms with van der Waals surface area (Å²) in [5.74, 6) is -1.11. The zero-order chi connectivity index (χ0) is 21.8. The van der Waals surface area contributed by atoms with Crippen molar-refractivity contribution in [1.82, 2.24) is 5.32 Å². The van der Waals surface area contributed by atoms with Crippen LogP contribution in [0.2, 0.25) is 5.02 Å². The number of nitrogens with one attached hydrogen (secondary N) is 1. The number of hydrogen-bond donors (Lipinski definition) is 2. The van der Waals surface area contributed by atoms with Gasteiger partial charge in [-0.2, -0.15) is 0 Å². The van der Waals surface area contributed by atoms with Crippen LogP contribution < -0.4 is 19.7 Å². The summed E-state index contributed by atoms with van der Waals surface area (Å²) in [5.41, 5.74) is 0.305. The standard InChI is InChI=1S/C21H17ClN2O6/c1-3-8-30-18-16(22)10-12(11-17(18)29-2)9-15-19(26)23-21(28)24(20(15)27)13-4-6-14(25)7-5-13/h3-7,9-11,25H,1,8H2,2H3,(H,23,26,28)/b15-9-. The Balaban J connectivity index is 2.01. The maximum Gasteiger partial charge on any atom is 0.335 e. The number of hydrogen-bond acceptors (Lipinski definition) is 6. The number of halogens is 1. The lowest BCUT2D eigenvalue weighted by Crippen LogP contribution is -2.54. The average molecular weight is 429 g/mol. The number of carbonyl (C=O) groups is 3. The summed E-state index contributed by atoms with van der Waals surface area (Å²) in [6.45, 7) is 3.78. The molecule has 154 valence electrons. The van der Waals surface area contributed by atoms with Gasteiger partial charge in [-0.3, -0.25) is 14.9 Å². The first kappa shape index (κ1) is 20.9. The Morgan fingerprint density at radius 2 is 1.90 bits per heavy atom. The van der Waals surface area contributed by atoms with Crippen LogP contribution in [0.15, 0.2) is 54.6 Å². The number of benzene rings is 2. The van der Waals surface area contributed by atoms with E-state index in [-0.39, 0.29) is 28.6 Å². The molecule has 0 radical (unpaired) electrons. The molecular weight excluding hydrogens is 412 g/mol. The van der Waals surface area contributed by atoms with Crippen LogP contribution in [0, 0.1) is 0 Å². The molecule has 2 aromatic carbocycles. The molecule has 1 heterocycles. The first-order chi connectivity index (χ1) is 14.3. The van der Waals surface area contributed by atoms with E-state index in [1.165, 1.54) is 43.5 Å². The maximum absolute atomic E-state index is 12.9. The second-order valence-corrected chi connectivity index (χ2v) is 6.52. The van der Waals surface area contributed by atoms with Crippen LogP contribution in [-0.2, 0) is 9.59 Å². The lowest BCUT2D eigenvalue weighted by molar-refractivity contribution is -0.122. The number of nitrogens with zero attached hydrogens (tertiary/aromatic N) is 1. The van der Waals surface area contributed by atoms with Crippen LogP contribution in [0.3, 0.4) is 0 Å². The molecular formula is C21H17ClN2O6. The molecule has 0 unspecified atom stereocenters. The predicted molar refractivity (Wildman–Crippen MR) is 111 cm³/mol. The van der Waals surface area contributed by atoms with E-state index < -0.39 is 17.8 Å². The molecule has 2 aromatic rings. The number of amides is 4. The van der Waals surface area contributed by atoms with Crippen LogP contribution in [0.25, 0.3) is 6.08 Å². The Morgan fingerprint density at radius 3 is 2.53 bits per heavy atom. The molecule has 0 saturated carbocycles. The van der Waals surface area contributed by atoms with E-state index >= 15 is 0 Å². The molecule has 0 spiro atoms. The van der Waals surface area contributed by atoms with Gasteiger partial charge < -0.3 is 14.6 Å². The molecule has 0 bridgehead atoms. The topological polar surface area (TPSA) is 105 Å². The maximum atomic E-state index is 12.9. The Hall–Kier alpha value is -3.78. The van der Waals surface area contributed by atoms with Crippen molar-refractivity contribution in [3.63, 3.8) is 0 Å². The number of aromatic hydroxyl groups is 1. The molecule has 3 rings (SSSR count). The molecule has 8 nitrogen and oxygen atoms in total. The average Bonchev–Trinajstić information content (AvgIpc) is 2.71. The number of urea groups is 1. The summed E-state index contributed by atoms with van der Waals surface area (Å²) in [7, 11) is 1.42. The fourth-order valence-corrected chi connectivity index (χ4v) is 3.04. The van der Waals surface area contributed by atoms with Gasteiger partial charge in [0.1, 0.15) is 17.9 Å². The number of anilines is 1. The number of barbiturate groups is 1. The first-order valence-corrected chi connectivity index (χ1v) is 9.05. The van der Waals surface area contributed by atoms with Crippen molar-refractivity contribution in [3.8, 4) is 17.2 Å². The van der Waals surface area contributed by atoms with Crippen molar-refractivity contribution in [3.05, 3.63) is 65.2 Å². The summed E-state index contributed by atoms with van der Waals surface area (Å²) < 4.78 is 10.8. The largest absolute Gasteiger partial charge is 0.508 e. The number of methoxy groups -OCH3 is 1.